The van der Waals surface area contributed by atoms with Crippen molar-refractivity contribution in [2.45, 2.75) is 20.4 Å². The van der Waals surface area contributed by atoms with E-state index in [2.05, 4.69) is 20.2 Å². The highest BCUT2D eigenvalue weighted by atomic mass is 16.2. The van der Waals surface area contributed by atoms with Crippen molar-refractivity contribution in [3.8, 4) is 0 Å². The second-order valence-electron chi connectivity index (χ2n) is 8.18. The Kier molecular flexibility index (Phi) is 6.32. The van der Waals surface area contributed by atoms with Crippen LogP contribution < -0.4 is 11.1 Å². The number of fused-ring (bicyclic) bond motifs is 1. The zero-order valence-corrected chi connectivity index (χ0v) is 18.5. The molecule has 0 bridgehead atoms. The van der Waals surface area contributed by atoms with Crippen LogP contribution in [-0.4, -0.2) is 64.3 Å². The number of nitrogens with one attached hydrogen (secondary N) is 1. The van der Waals surface area contributed by atoms with Crippen LogP contribution in [0, 0.1) is 13.8 Å². The van der Waals surface area contributed by atoms with Crippen LogP contribution in [0.25, 0.3) is 10.9 Å². The zero-order valence-electron chi connectivity index (χ0n) is 18.5. The van der Waals surface area contributed by atoms with Gasteiger partial charge in [0.25, 0.3) is 5.91 Å². The van der Waals surface area contributed by atoms with Crippen LogP contribution in [0.4, 0.5) is 5.82 Å². The van der Waals surface area contributed by atoms with Crippen LogP contribution in [0.1, 0.15) is 27.3 Å². The minimum atomic E-state index is -0.230. The van der Waals surface area contributed by atoms with Gasteiger partial charge in [0.05, 0.1) is 18.6 Å². The van der Waals surface area contributed by atoms with E-state index in [0.717, 1.165) is 22.0 Å². The first-order chi connectivity index (χ1) is 15.4. The number of hydrogen-bond donors (Lipinski definition) is 2. The number of nitrogens with zero attached hydrogens (tertiary/aromatic N) is 4. The molecule has 3 aromatic rings. The SMILES string of the molecule is Cc1ccc(C(=O)NCC(=O)N2CCN(Cc3nc(N)c4ccccc4n3)CC2)cc1C. The van der Waals surface area contributed by atoms with Crippen molar-refractivity contribution >= 4 is 28.5 Å². The Balaban J connectivity index is 1.27. The molecule has 1 aliphatic heterocycles. The van der Waals surface area contributed by atoms with Gasteiger partial charge in [0.15, 0.2) is 0 Å². The minimum absolute atomic E-state index is 0.00389. The normalized spacial score (nSPS) is 14.5. The van der Waals surface area contributed by atoms with E-state index in [9.17, 15) is 9.59 Å². The lowest BCUT2D eigenvalue weighted by Crippen LogP contribution is -2.51. The first-order valence-corrected chi connectivity index (χ1v) is 10.8. The molecule has 166 valence electrons. The van der Waals surface area contributed by atoms with Gasteiger partial charge < -0.3 is 16.0 Å². The number of benzene rings is 2. The molecule has 8 heteroatoms. The first-order valence-electron chi connectivity index (χ1n) is 10.8. The van der Waals surface area contributed by atoms with Crippen molar-refractivity contribution in [2.24, 2.45) is 0 Å². The Morgan fingerprint density at radius 1 is 1.00 bits per heavy atom. The number of rotatable bonds is 5. The first kappa shape index (κ1) is 21.7. The molecule has 32 heavy (non-hydrogen) atoms. The van der Waals surface area contributed by atoms with Gasteiger partial charge in [-0.15, -0.1) is 0 Å². The lowest BCUT2D eigenvalue weighted by molar-refractivity contribution is -0.131. The van der Waals surface area contributed by atoms with Crippen molar-refractivity contribution in [3.63, 3.8) is 0 Å². The van der Waals surface area contributed by atoms with Crippen LogP contribution in [0.15, 0.2) is 42.5 Å². The second-order valence-corrected chi connectivity index (χ2v) is 8.18. The molecule has 2 aromatic carbocycles. The van der Waals surface area contributed by atoms with Crippen LogP contribution in [0.2, 0.25) is 0 Å². The van der Waals surface area contributed by atoms with Crippen molar-refractivity contribution in [1.82, 2.24) is 25.1 Å². The predicted octanol–water partition coefficient (Wildman–Crippen LogP) is 1.90. The summed E-state index contributed by atoms with van der Waals surface area (Å²) < 4.78 is 0. The van der Waals surface area contributed by atoms with Crippen molar-refractivity contribution in [2.75, 3.05) is 38.5 Å². The third-order valence-electron chi connectivity index (χ3n) is 5.94. The lowest BCUT2D eigenvalue weighted by atomic mass is 10.1. The summed E-state index contributed by atoms with van der Waals surface area (Å²) in [5.74, 6) is 0.861. The third kappa shape index (κ3) is 4.86. The summed E-state index contributed by atoms with van der Waals surface area (Å²) in [5, 5.41) is 3.60. The molecule has 8 nitrogen and oxygen atoms in total. The van der Waals surface area contributed by atoms with Gasteiger partial charge in [0.1, 0.15) is 11.6 Å². The standard InChI is InChI=1S/C24H28N6O2/c1-16-7-8-18(13-17(16)2)24(32)26-14-22(31)30-11-9-29(10-12-30)15-21-27-20-6-4-3-5-19(20)23(25)28-21/h3-8,13H,9-12,14-15H2,1-2H3,(H,26,32)(H2,25,27,28). The fourth-order valence-corrected chi connectivity index (χ4v) is 3.83. The molecule has 1 saturated heterocycles. The number of anilines is 1. The van der Waals surface area contributed by atoms with Gasteiger partial charge in [-0.2, -0.15) is 0 Å². The predicted molar refractivity (Wildman–Crippen MR) is 124 cm³/mol. The third-order valence-corrected chi connectivity index (χ3v) is 5.94. The van der Waals surface area contributed by atoms with E-state index in [1.54, 1.807) is 11.0 Å². The molecule has 1 aliphatic rings. The average molecular weight is 433 g/mol. The molecule has 0 aliphatic carbocycles. The van der Waals surface area contributed by atoms with Gasteiger partial charge in [-0.05, 0) is 49.2 Å². The van der Waals surface area contributed by atoms with Gasteiger partial charge in [-0.25, -0.2) is 9.97 Å². The number of aryl methyl sites for hydroxylation is 2. The number of aromatic nitrogens is 2. The summed E-state index contributed by atoms with van der Waals surface area (Å²) in [6.45, 7) is 7.18. The molecule has 0 spiro atoms. The molecule has 4 rings (SSSR count). The molecule has 3 N–H and O–H groups in total. The Morgan fingerprint density at radius 2 is 1.75 bits per heavy atom. The number of nitrogens with two attached hydrogens (primary N) is 1. The van der Waals surface area contributed by atoms with Crippen molar-refractivity contribution in [1.29, 1.82) is 0 Å². The van der Waals surface area contributed by atoms with E-state index >= 15 is 0 Å². The highest BCUT2D eigenvalue weighted by Gasteiger charge is 2.22. The van der Waals surface area contributed by atoms with Gasteiger partial charge >= 0.3 is 0 Å². The molecule has 2 heterocycles. The molecule has 1 fully saturated rings. The van der Waals surface area contributed by atoms with Gasteiger partial charge in [0, 0.05) is 37.1 Å². The Hall–Kier alpha value is -3.52. The van der Waals surface area contributed by atoms with Crippen molar-refractivity contribution in [3.05, 3.63) is 65.0 Å². The highest BCUT2D eigenvalue weighted by molar-refractivity contribution is 5.96. The minimum Gasteiger partial charge on any atom is -0.383 e. The summed E-state index contributed by atoms with van der Waals surface area (Å²) in [7, 11) is 0. The number of amides is 2. The summed E-state index contributed by atoms with van der Waals surface area (Å²) in [5.41, 5.74) is 9.67. The Labute approximate surface area is 187 Å². The highest BCUT2D eigenvalue weighted by Crippen LogP contribution is 2.18. The van der Waals surface area contributed by atoms with Gasteiger partial charge in [-0.1, -0.05) is 18.2 Å². The number of carbonyl (C=O) groups excluding carboxylic acids is 2. The largest absolute Gasteiger partial charge is 0.383 e. The second kappa shape index (κ2) is 9.32. The van der Waals surface area contributed by atoms with E-state index in [-0.39, 0.29) is 18.4 Å². The molecule has 0 saturated carbocycles. The Morgan fingerprint density at radius 3 is 2.50 bits per heavy atom. The summed E-state index contributed by atoms with van der Waals surface area (Å²) in [6, 6.07) is 13.2. The van der Waals surface area contributed by atoms with E-state index in [1.165, 1.54) is 0 Å². The molecule has 0 radical (unpaired) electrons. The lowest BCUT2D eigenvalue weighted by Gasteiger charge is -2.34. The summed E-state index contributed by atoms with van der Waals surface area (Å²) in [4.78, 5) is 38.0. The number of para-hydroxylation sites is 1. The van der Waals surface area contributed by atoms with Crippen LogP contribution in [0.3, 0.4) is 0 Å². The maximum Gasteiger partial charge on any atom is 0.251 e. The topological polar surface area (TPSA) is 104 Å². The van der Waals surface area contributed by atoms with Crippen molar-refractivity contribution < 1.29 is 9.59 Å². The van der Waals surface area contributed by atoms with Crippen LogP contribution >= 0.6 is 0 Å². The molecule has 0 atom stereocenters. The molecule has 1 aromatic heterocycles. The van der Waals surface area contributed by atoms with Gasteiger partial charge in [-0.3, -0.25) is 14.5 Å². The molecule has 0 unspecified atom stereocenters. The summed E-state index contributed by atoms with van der Waals surface area (Å²) >= 11 is 0. The number of nitrogen functional groups attached to an aromatic ring is 1. The van der Waals surface area contributed by atoms with Crippen LogP contribution in [0.5, 0.6) is 0 Å². The number of hydrogen-bond acceptors (Lipinski definition) is 6. The smallest absolute Gasteiger partial charge is 0.251 e. The monoisotopic (exact) mass is 432 g/mol. The fraction of sp³-hybridized carbons (Fsp3) is 0.333. The maximum absolute atomic E-state index is 12.6. The quantitative estimate of drug-likeness (QED) is 0.638. The Bertz CT molecular complexity index is 1150. The maximum atomic E-state index is 12.6. The summed E-state index contributed by atoms with van der Waals surface area (Å²) in [6.07, 6.45) is 0. The zero-order chi connectivity index (χ0) is 22.7. The fourth-order valence-electron chi connectivity index (χ4n) is 3.83. The van der Waals surface area contributed by atoms with E-state index in [0.29, 0.717) is 49.9 Å². The molecular formula is C24H28N6O2. The average Bonchev–Trinajstić information content (AvgIpc) is 2.79. The van der Waals surface area contributed by atoms with E-state index < -0.39 is 0 Å². The van der Waals surface area contributed by atoms with Crippen LogP contribution in [-0.2, 0) is 11.3 Å². The molecular weight excluding hydrogens is 404 g/mol. The van der Waals surface area contributed by atoms with E-state index in [1.807, 2.05) is 50.2 Å². The number of carbonyl (C=O) groups is 2. The van der Waals surface area contributed by atoms with E-state index in [4.69, 9.17) is 5.73 Å². The number of piperazine rings is 1. The van der Waals surface area contributed by atoms with Gasteiger partial charge in [0.2, 0.25) is 5.91 Å². The molecule has 2 amide bonds.